The van der Waals surface area contributed by atoms with E-state index in [2.05, 4.69) is 30.5 Å². The molecule has 0 saturated carbocycles. The lowest BCUT2D eigenvalue weighted by Crippen LogP contribution is -2.29. The maximum absolute atomic E-state index is 12.1. The van der Waals surface area contributed by atoms with Crippen LogP contribution in [0.4, 0.5) is 5.69 Å². The maximum atomic E-state index is 12.1. The first-order valence-corrected chi connectivity index (χ1v) is 8.33. The van der Waals surface area contributed by atoms with Crippen LogP contribution < -0.4 is 15.4 Å². The molecule has 4 nitrogen and oxygen atoms in total. The monoisotopic (exact) mass is 326 g/mol. The molecule has 0 aliphatic carbocycles. The predicted molar refractivity (Wildman–Crippen MR) is 98.7 cm³/mol. The molecule has 0 heterocycles. The molecule has 0 aromatic heterocycles. The molecule has 2 rings (SSSR count). The van der Waals surface area contributed by atoms with Crippen molar-refractivity contribution in [2.45, 2.75) is 26.2 Å². The van der Waals surface area contributed by atoms with E-state index in [1.807, 2.05) is 42.5 Å². The second-order valence-corrected chi connectivity index (χ2v) is 6.03. The van der Waals surface area contributed by atoms with Gasteiger partial charge in [-0.2, -0.15) is 0 Å². The number of carbonyl (C=O) groups is 1. The summed E-state index contributed by atoms with van der Waals surface area (Å²) in [6.45, 7) is 5.26. The third-order valence-corrected chi connectivity index (χ3v) is 3.91. The highest BCUT2D eigenvalue weighted by atomic mass is 16.5. The van der Waals surface area contributed by atoms with Gasteiger partial charge in [-0.1, -0.05) is 50.2 Å². The van der Waals surface area contributed by atoms with Crippen molar-refractivity contribution < 1.29 is 9.53 Å². The zero-order chi connectivity index (χ0) is 17.4. The Morgan fingerprint density at radius 1 is 1.08 bits per heavy atom. The molecule has 1 amide bonds. The Hall–Kier alpha value is -2.33. The second kappa shape index (κ2) is 9.08. The Morgan fingerprint density at radius 3 is 2.54 bits per heavy atom. The van der Waals surface area contributed by atoms with Gasteiger partial charge in [0.2, 0.25) is 5.91 Å². The van der Waals surface area contributed by atoms with E-state index in [9.17, 15) is 4.79 Å². The molecular formula is C20H26N2O2. The molecule has 0 spiro atoms. The molecule has 2 aromatic rings. The Kier molecular flexibility index (Phi) is 6.82. The van der Waals surface area contributed by atoms with Crippen LogP contribution in [-0.4, -0.2) is 26.1 Å². The van der Waals surface area contributed by atoms with Gasteiger partial charge < -0.3 is 15.4 Å². The summed E-state index contributed by atoms with van der Waals surface area (Å²) >= 11 is 0. The number of hydrogen-bond donors (Lipinski definition) is 2. The van der Waals surface area contributed by atoms with Crippen molar-refractivity contribution in [1.29, 1.82) is 0 Å². The summed E-state index contributed by atoms with van der Waals surface area (Å²) in [5, 5.41) is 6.17. The van der Waals surface area contributed by atoms with Crippen LogP contribution in [0.25, 0.3) is 0 Å². The SMILES string of the molecule is COc1ccccc1CCNCC(=O)Nc1ccccc1C(C)C. The van der Waals surface area contributed by atoms with Crippen molar-refractivity contribution in [3.63, 3.8) is 0 Å². The van der Waals surface area contributed by atoms with E-state index in [4.69, 9.17) is 4.74 Å². The molecule has 0 fully saturated rings. The number of carbonyl (C=O) groups excluding carboxylic acids is 1. The van der Waals surface area contributed by atoms with Gasteiger partial charge in [-0.15, -0.1) is 0 Å². The smallest absolute Gasteiger partial charge is 0.238 e. The van der Waals surface area contributed by atoms with E-state index < -0.39 is 0 Å². The van der Waals surface area contributed by atoms with Gasteiger partial charge in [0.15, 0.2) is 0 Å². The number of amides is 1. The van der Waals surface area contributed by atoms with Gasteiger partial charge >= 0.3 is 0 Å². The molecule has 0 radical (unpaired) electrons. The fraction of sp³-hybridized carbons (Fsp3) is 0.350. The number of anilines is 1. The molecular weight excluding hydrogens is 300 g/mol. The van der Waals surface area contributed by atoms with E-state index in [0.717, 1.165) is 35.5 Å². The molecule has 0 saturated heterocycles. The molecule has 0 atom stereocenters. The molecule has 0 aliphatic rings. The number of benzene rings is 2. The lowest BCUT2D eigenvalue weighted by Gasteiger charge is -2.14. The average Bonchev–Trinajstić information content (AvgIpc) is 2.59. The first-order valence-electron chi connectivity index (χ1n) is 8.33. The standard InChI is InChI=1S/C20H26N2O2/c1-15(2)17-9-5-6-10-18(17)22-20(23)14-21-13-12-16-8-4-7-11-19(16)24-3/h4-11,15,21H,12-14H2,1-3H3,(H,22,23). The van der Waals surface area contributed by atoms with Crippen molar-refractivity contribution >= 4 is 11.6 Å². The summed E-state index contributed by atoms with van der Waals surface area (Å²) in [5.74, 6) is 1.23. The molecule has 0 unspecified atom stereocenters. The summed E-state index contributed by atoms with van der Waals surface area (Å²) in [6.07, 6.45) is 0.819. The van der Waals surface area contributed by atoms with Gasteiger partial charge in [0.1, 0.15) is 5.75 Å². The van der Waals surface area contributed by atoms with Crippen LogP contribution in [0.5, 0.6) is 5.75 Å². The lowest BCUT2D eigenvalue weighted by atomic mass is 10.0. The first-order chi connectivity index (χ1) is 11.6. The van der Waals surface area contributed by atoms with Gasteiger partial charge in [-0.3, -0.25) is 4.79 Å². The van der Waals surface area contributed by atoms with Gasteiger partial charge in [0, 0.05) is 5.69 Å². The van der Waals surface area contributed by atoms with E-state index >= 15 is 0 Å². The second-order valence-electron chi connectivity index (χ2n) is 6.03. The summed E-state index contributed by atoms with van der Waals surface area (Å²) in [4.78, 5) is 12.1. The maximum Gasteiger partial charge on any atom is 0.238 e. The highest BCUT2D eigenvalue weighted by molar-refractivity contribution is 5.93. The first kappa shape index (κ1) is 18.0. The minimum absolute atomic E-state index is 0.0249. The zero-order valence-electron chi connectivity index (χ0n) is 14.6. The molecule has 2 aromatic carbocycles. The van der Waals surface area contributed by atoms with Crippen LogP contribution in [0.15, 0.2) is 48.5 Å². The van der Waals surface area contributed by atoms with Gasteiger partial charge in [-0.25, -0.2) is 0 Å². The van der Waals surface area contributed by atoms with Crippen molar-refractivity contribution in [3.05, 3.63) is 59.7 Å². The highest BCUT2D eigenvalue weighted by Crippen LogP contribution is 2.23. The predicted octanol–water partition coefficient (Wildman–Crippen LogP) is 3.59. The van der Waals surface area contributed by atoms with E-state index in [0.29, 0.717) is 12.5 Å². The number of hydrogen-bond acceptors (Lipinski definition) is 3. The molecule has 128 valence electrons. The molecule has 2 N–H and O–H groups in total. The van der Waals surface area contributed by atoms with Crippen LogP contribution >= 0.6 is 0 Å². The van der Waals surface area contributed by atoms with E-state index in [1.54, 1.807) is 7.11 Å². The summed E-state index contributed by atoms with van der Waals surface area (Å²) in [7, 11) is 1.67. The van der Waals surface area contributed by atoms with Gasteiger partial charge in [0.25, 0.3) is 0 Å². The number of rotatable bonds is 8. The Balaban J connectivity index is 1.80. The number of ether oxygens (including phenoxy) is 1. The van der Waals surface area contributed by atoms with Crippen LogP contribution in [0.2, 0.25) is 0 Å². The van der Waals surface area contributed by atoms with Crippen molar-refractivity contribution in [3.8, 4) is 5.75 Å². The molecule has 0 bridgehead atoms. The lowest BCUT2D eigenvalue weighted by molar-refractivity contribution is -0.115. The van der Waals surface area contributed by atoms with Crippen LogP contribution in [0, 0.1) is 0 Å². The summed E-state index contributed by atoms with van der Waals surface area (Å²) in [5.41, 5.74) is 3.18. The summed E-state index contributed by atoms with van der Waals surface area (Å²) < 4.78 is 5.33. The van der Waals surface area contributed by atoms with Crippen molar-refractivity contribution in [1.82, 2.24) is 5.32 Å². The van der Waals surface area contributed by atoms with E-state index in [-0.39, 0.29) is 5.91 Å². The largest absolute Gasteiger partial charge is 0.496 e. The fourth-order valence-corrected chi connectivity index (χ4v) is 2.64. The normalized spacial score (nSPS) is 10.7. The highest BCUT2D eigenvalue weighted by Gasteiger charge is 2.09. The van der Waals surface area contributed by atoms with Gasteiger partial charge in [-0.05, 0) is 42.1 Å². The number of nitrogens with one attached hydrogen (secondary N) is 2. The average molecular weight is 326 g/mol. The minimum Gasteiger partial charge on any atom is -0.496 e. The quantitative estimate of drug-likeness (QED) is 0.729. The van der Waals surface area contributed by atoms with Gasteiger partial charge in [0.05, 0.1) is 13.7 Å². The molecule has 0 aliphatic heterocycles. The topological polar surface area (TPSA) is 50.4 Å². The zero-order valence-corrected chi connectivity index (χ0v) is 14.6. The van der Waals surface area contributed by atoms with Crippen molar-refractivity contribution in [2.75, 3.05) is 25.5 Å². The Bertz CT molecular complexity index is 668. The number of para-hydroxylation sites is 2. The van der Waals surface area contributed by atoms with E-state index in [1.165, 1.54) is 0 Å². The van der Waals surface area contributed by atoms with Crippen LogP contribution in [0.1, 0.15) is 30.9 Å². The third-order valence-electron chi connectivity index (χ3n) is 3.91. The minimum atomic E-state index is -0.0249. The van der Waals surface area contributed by atoms with Crippen LogP contribution in [0.3, 0.4) is 0 Å². The van der Waals surface area contributed by atoms with Crippen LogP contribution in [-0.2, 0) is 11.2 Å². The fourth-order valence-electron chi connectivity index (χ4n) is 2.64. The Morgan fingerprint density at radius 2 is 1.79 bits per heavy atom. The number of methoxy groups -OCH3 is 1. The summed E-state index contributed by atoms with van der Waals surface area (Å²) in [6, 6.07) is 15.9. The van der Waals surface area contributed by atoms with Crippen molar-refractivity contribution in [2.24, 2.45) is 0 Å². The third kappa shape index (κ3) is 5.10. The Labute approximate surface area is 144 Å². The molecule has 24 heavy (non-hydrogen) atoms. The molecule has 4 heteroatoms.